The van der Waals surface area contributed by atoms with Crippen molar-refractivity contribution in [2.75, 3.05) is 12.4 Å². The smallest absolute Gasteiger partial charge is 0.338 e. The summed E-state index contributed by atoms with van der Waals surface area (Å²) in [6, 6.07) is 9.98. The minimum Gasteiger partial charge on any atom is -0.486 e. The first-order valence-corrected chi connectivity index (χ1v) is 8.75. The fourth-order valence-corrected chi connectivity index (χ4v) is 2.60. The highest BCUT2D eigenvalue weighted by Crippen LogP contribution is 2.21. The van der Waals surface area contributed by atoms with Gasteiger partial charge in [-0.2, -0.15) is 0 Å². The maximum absolute atomic E-state index is 12.5. The number of nitro groups is 1. The van der Waals surface area contributed by atoms with E-state index in [0.717, 1.165) is 25.1 Å². The molecule has 3 rings (SSSR count). The molecule has 0 unspecified atom stereocenters. The van der Waals surface area contributed by atoms with E-state index in [2.05, 4.69) is 15.0 Å². The van der Waals surface area contributed by atoms with Gasteiger partial charge in [-0.1, -0.05) is 0 Å². The van der Waals surface area contributed by atoms with Crippen molar-refractivity contribution in [3.8, 4) is 5.75 Å². The number of rotatable bonds is 7. The van der Waals surface area contributed by atoms with Crippen LogP contribution in [0.1, 0.15) is 26.5 Å². The maximum atomic E-state index is 12.5. The lowest BCUT2D eigenvalue weighted by atomic mass is 10.1. The molecule has 2 aromatic carbocycles. The zero-order valence-corrected chi connectivity index (χ0v) is 16.2. The molecule has 1 amide bonds. The number of anilines is 1. The van der Waals surface area contributed by atoms with Gasteiger partial charge in [0.1, 0.15) is 18.2 Å². The van der Waals surface area contributed by atoms with Gasteiger partial charge in [-0.3, -0.25) is 14.9 Å². The molecule has 1 heterocycles. The molecule has 10 nitrogen and oxygen atoms in total. The summed E-state index contributed by atoms with van der Waals surface area (Å²) in [5.74, 6) is -0.0358. The molecule has 0 radical (unpaired) electrons. The van der Waals surface area contributed by atoms with Crippen LogP contribution < -0.4 is 10.1 Å². The lowest BCUT2D eigenvalue weighted by Gasteiger charge is -2.09. The Bertz CT molecular complexity index is 1090. The standard InChI is InChI=1S/C20H18N4O6/c1-23-8-7-21-18(23)12-30-17-5-3-15(4-6-17)22-19(25)13-9-14(20(26)29-2)11-16(10-13)24(27)28/h3-11H,12H2,1-2H3,(H,22,25). The summed E-state index contributed by atoms with van der Waals surface area (Å²) in [5.41, 5.74) is -0.0638. The third kappa shape index (κ3) is 4.79. The molecule has 0 bridgehead atoms. The number of nitro benzene ring substituents is 1. The summed E-state index contributed by atoms with van der Waals surface area (Å²) < 4.78 is 12.1. The van der Waals surface area contributed by atoms with E-state index >= 15 is 0 Å². The first-order chi connectivity index (χ1) is 14.4. The number of nitrogens with one attached hydrogen (secondary N) is 1. The number of carbonyl (C=O) groups is 2. The molecule has 0 aliphatic heterocycles. The van der Waals surface area contributed by atoms with Crippen LogP contribution in [0.15, 0.2) is 54.9 Å². The van der Waals surface area contributed by atoms with Crippen LogP contribution in [0.25, 0.3) is 0 Å². The van der Waals surface area contributed by atoms with Gasteiger partial charge in [0.15, 0.2) is 0 Å². The van der Waals surface area contributed by atoms with E-state index in [-0.39, 0.29) is 16.8 Å². The summed E-state index contributed by atoms with van der Waals surface area (Å²) in [7, 11) is 3.02. The van der Waals surface area contributed by atoms with Gasteiger partial charge in [0.2, 0.25) is 0 Å². The number of hydrogen-bond donors (Lipinski definition) is 1. The van der Waals surface area contributed by atoms with Crippen molar-refractivity contribution < 1.29 is 24.0 Å². The number of non-ortho nitro benzene ring substituents is 1. The predicted octanol–water partition coefficient (Wildman–Crippen LogP) is 2.95. The van der Waals surface area contributed by atoms with E-state index in [1.165, 1.54) is 6.07 Å². The second-order valence-electron chi connectivity index (χ2n) is 6.24. The van der Waals surface area contributed by atoms with Crippen molar-refractivity contribution in [1.29, 1.82) is 0 Å². The first-order valence-electron chi connectivity index (χ1n) is 8.75. The topological polar surface area (TPSA) is 126 Å². The Hall–Kier alpha value is -4.21. The molecule has 154 valence electrons. The zero-order valence-electron chi connectivity index (χ0n) is 16.2. The summed E-state index contributed by atoms with van der Waals surface area (Å²) in [4.78, 5) is 38.8. The number of hydrogen-bond acceptors (Lipinski definition) is 7. The monoisotopic (exact) mass is 410 g/mol. The summed E-state index contributed by atoms with van der Waals surface area (Å²) in [6.45, 7) is 0.291. The molecule has 0 saturated heterocycles. The van der Waals surface area contributed by atoms with Gasteiger partial charge >= 0.3 is 5.97 Å². The lowest BCUT2D eigenvalue weighted by Crippen LogP contribution is -2.14. The summed E-state index contributed by atoms with van der Waals surface area (Å²) >= 11 is 0. The number of nitrogens with zero attached hydrogens (tertiary/aromatic N) is 3. The summed E-state index contributed by atoms with van der Waals surface area (Å²) in [5, 5.41) is 13.7. The molecular formula is C20H18N4O6. The number of esters is 1. The van der Waals surface area contributed by atoms with E-state index in [1.807, 2.05) is 17.8 Å². The third-order valence-electron chi connectivity index (χ3n) is 4.21. The molecule has 0 atom stereocenters. The van der Waals surface area contributed by atoms with E-state index in [0.29, 0.717) is 18.0 Å². The number of amides is 1. The minimum absolute atomic E-state index is 0.0419. The van der Waals surface area contributed by atoms with Crippen LogP contribution in [0.3, 0.4) is 0 Å². The molecule has 0 spiro atoms. The van der Waals surface area contributed by atoms with E-state index in [1.54, 1.807) is 30.5 Å². The molecule has 10 heteroatoms. The van der Waals surface area contributed by atoms with Gasteiger partial charge in [-0.05, 0) is 30.3 Å². The molecule has 0 saturated carbocycles. The quantitative estimate of drug-likeness (QED) is 0.360. The average molecular weight is 410 g/mol. The van der Waals surface area contributed by atoms with Crippen LogP contribution in [-0.4, -0.2) is 33.5 Å². The van der Waals surface area contributed by atoms with Gasteiger partial charge in [0, 0.05) is 42.8 Å². The Morgan fingerprint density at radius 1 is 1.17 bits per heavy atom. The van der Waals surface area contributed by atoms with Crippen molar-refractivity contribution in [1.82, 2.24) is 9.55 Å². The van der Waals surface area contributed by atoms with Crippen LogP contribution in [0.5, 0.6) is 5.75 Å². The van der Waals surface area contributed by atoms with Crippen molar-refractivity contribution in [3.63, 3.8) is 0 Å². The van der Waals surface area contributed by atoms with Gasteiger partial charge in [0.25, 0.3) is 11.6 Å². The second kappa shape index (κ2) is 8.86. The average Bonchev–Trinajstić information content (AvgIpc) is 3.16. The first kappa shape index (κ1) is 20.5. The molecule has 1 aromatic heterocycles. The largest absolute Gasteiger partial charge is 0.486 e. The molecule has 3 aromatic rings. The Morgan fingerprint density at radius 2 is 1.87 bits per heavy atom. The number of ether oxygens (including phenoxy) is 2. The Labute approximate surface area is 171 Å². The second-order valence-corrected chi connectivity index (χ2v) is 6.24. The number of imidazole rings is 1. The minimum atomic E-state index is -0.776. The highest BCUT2D eigenvalue weighted by atomic mass is 16.6. The highest BCUT2D eigenvalue weighted by molar-refractivity contribution is 6.06. The Kier molecular flexibility index (Phi) is 6.06. The molecule has 30 heavy (non-hydrogen) atoms. The van der Waals surface area contributed by atoms with Crippen LogP contribution >= 0.6 is 0 Å². The van der Waals surface area contributed by atoms with Crippen molar-refractivity contribution in [2.45, 2.75) is 6.61 Å². The van der Waals surface area contributed by atoms with Crippen molar-refractivity contribution in [2.24, 2.45) is 7.05 Å². The number of benzene rings is 2. The van der Waals surface area contributed by atoms with Gasteiger partial charge < -0.3 is 19.4 Å². The Morgan fingerprint density at radius 3 is 2.47 bits per heavy atom. The molecular weight excluding hydrogens is 392 g/mol. The highest BCUT2D eigenvalue weighted by Gasteiger charge is 2.18. The normalized spacial score (nSPS) is 10.3. The van der Waals surface area contributed by atoms with Crippen LogP contribution in [-0.2, 0) is 18.4 Å². The lowest BCUT2D eigenvalue weighted by molar-refractivity contribution is -0.384. The van der Waals surface area contributed by atoms with Gasteiger partial charge in [-0.25, -0.2) is 9.78 Å². The fourth-order valence-electron chi connectivity index (χ4n) is 2.60. The van der Waals surface area contributed by atoms with Crippen LogP contribution in [0.4, 0.5) is 11.4 Å². The number of carbonyl (C=O) groups excluding carboxylic acids is 2. The Balaban J connectivity index is 1.71. The van der Waals surface area contributed by atoms with Crippen LogP contribution in [0.2, 0.25) is 0 Å². The number of methoxy groups -OCH3 is 1. The predicted molar refractivity (Wildman–Crippen MR) is 106 cm³/mol. The molecule has 0 aliphatic carbocycles. The SMILES string of the molecule is COC(=O)c1cc(C(=O)Nc2ccc(OCc3nccn3C)cc2)cc([N+](=O)[O-])c1. The molecule has 0 fully saturated rings. The van der Waals surface area contributed by atoms with Gasteiger partial charge in [-0.15, -0.1) is 0 Å². The number of aromatic nitrogens is 2. The van der Waals surface area contributed by atoms with Crippen molar-refractivity contribution in [3.05, 3.63) is 81.9 Å². The summed E-state index contributed by atoms with van der Waals surface area (Å²) in [6.07, 6.45) is 3.49. The molecule has 0 aliphatic rings. The van der Waals surface area contributed by atoms with Crippen LogP contribution in [0, 0.1) is 10.1 Å². The third-order valence-corrected chi connectivity index (χ3v) is 4.21. The molecule has 1 N–H and O–H groups in total. The van der Waals surface area contributed by atoms with E-state index < -0.39 is 16.8 Å². The fraction of sp³-hybridized carbons (Fsp3) is 0.150. The number of aryl methyl sites for hydroxylation is 1. The van der Waals surface area contributed by atoms with Gasteiger partial charge in [0.05, 0.1) is 17.6 Å². The maximum Gasteiger partial charge on any atom is 0.338 e. The zero-order chi connectivity index (χ0) is 21.7. The van der Waals surface area contributed by atoms with Crippen molar-refractivity contribution >= 4 is 23.3 Å². The van der Waals surface area contributed by atoms with E-state index in [4.69, 9.17) is 4.74 Å². The van der Waals surface area contributed by atoms with E-state index in [9.17, 15) is 19.7 Å².